The van der Waals surface area contributed by atoms with Crippen LogP contribution >= 0.6 is 0 Å². The van der Waals surface area contributed by atoms with Crippen LogP contribution < -0.4 is 0 Å². The Morgan fingerprint density at radius 1 is 1.50 bits per heavy atom. The van der Waals surface area contributed by atoms with Gasteiger partial charge in [0.1, 0.15) is 5.82 Å². The highest BCUT2D eigenvalue weighted by Crippen LogP contribution is 2.20. The fourth-order valence-electron chi connectivity index (χ4n) is 1.22. The van der Waals surface area contributed by atoms with Crippen molar-refractivity contribution in [1.29, 1.82) is 5.26 Å². The van der Waals surface area contributed by atoms with Crippen LogP contribution in [-0.4, -0.2) is 11.1 Å². The van der Waals surface area contributed by atoms with Gasteiger partial charge in [0, 0.05) is 5.56 Å². The zero-order chi connectivity index (χ0) is 10.9. The molecule has 0 unspecified atom stereocenters. The standard InChI is InChI=1S/C10H8FNO2/c1-5-7(4-12)3-8(10(13)14)6(2)9(5)11/h3H,1-2H3,(H,13,14). The van der Waals surface area contributed by atoms with Crippen molar-refractivity contribution >= 4 is 5.97 Å². The number of benzene rings is 1. The van der Waals surface area contributed by atoms with Crippen LogP contribution in [0, 0.1) is 31.0 Å². The molecule has 1 aromatic carbocycles. The number of hydrogen-bond acceptors (Lipinski definition) is 2. The summed E-state index contributed by atoms with van der Waals surface area (Å²) >= 11 is 0. The van der Waals surface area contributed by atoms with E-state index in [9.17, 15) is 9.18 Å². The molecule has 0 atom stereocenters. The highest BCUT2D eigenvalue weighted by Gasteiger charge is 2.16. The average molecular weight is 193 g/mol. The van der Waals surface area contributed by atoms with E-state index in [2.05, 4.69) is 0 Å². The molecule has 0 aromatic heterocycles. The number of rotatable bonds is 1. The van der Waals surface area contributed by atoms with Crippen LogP contribution in [-0.2, 0) is 0 Å². The van der Waals surface area contributed by atoms with Gasteiger partial charge in [-0.25, -0.2) is 9.18 Å². The molecule has 0 radical (unpaired) electrons. The Morgan fingerprint density at radius 3 is 2.50 bits per heavy atom. The number of carbonyl (C=O) groups is 1. The molecule has 1 rings (SSSR count). The van der Waals surface area contributed by atoms with Gasteiger partial charge in [0.15, 0.2) is 0 Å². The molecule has 0 heterocycles. The lowest BCUT2D eigenvalue weighted by Gasteiger charge is -2.06. The van der Waals surface area contributed by atoms with Crippen molar-refractivity contribution in [3.63, 3.8) is 0 Å². The first-order valence-electron chi connectivity index (χ1n) is 3.92. The normalized spacial score (nSPS) is 9.57. The van der Waals surface area contributed by atoms with Gasteiger partial charge in [0.25, 0.3) is 0 Å². The highest BCUT2D eigenvalue weighted by atomic mass is 19.1. The minimum Gasteiger partial charge on any atom is -0.478 e. The van der Waals surface area contributed by atoms with Crippen LogP contribution in [0.3, 0.4) is 0 Å². The molecule has 0 aliphatic rings. The van der Waals surface area contributed by atoms with Crippen molar-refractivity contribution in [2.45, 2.75) is 13.8 Å². The third-order valence-corrected chi connectivity index (χ3v) is 2.11. The minimum atomic E-state index is -1.22. The Hall–Kier alpha value is -1.89. The molecular formula is C10H8FNO2. The molecule has 0 saturated heterocycles. The molecular weight excluding hydrogens is 185 g/mol. The van der Waals surface area contributed by atoms with Crippen molar-refractivity contribution < 1.29 is 14.3 Å². The smallest absolute Gasteiger partial charge is 0.336 e. The van der Waals surface area contributed by atoms with Crippen molar-refractivity contribution in [1.82, 2.24) is 0 Å². The second-order valence-corrected chi connectivity index (χ2v) is 2.95. The van der Waals surface area contributed by atoms with Crippen LogP contribution in [0.1, 0.15) is 27.0 Å². The predicted molar refractivity (Wildman–Crippen MR) is 47.5 cm³/mol. The second-order valence-electron chi connectivity index (χ2n) is 2.95. The topological polar surface area (TPSA) is 61.1 Å². The first kappa shape index (κ1) is 10.2. The van der Waals surface area contributed by atoms with Crippen molar-refractivity contribution in [2.75, 3.05) is 0 Å². The van der Waals surface area contributed by atoms with E-state index in [0.717, 1.165) is 0 Å². The monoisotopic (exact) mass is 193 g/mol. The predicted octanol–water partition coefficient (Wildman–Crippen LogP) is 2.01. The molecule has 0 aliphatic heterocycles. The quantitative estimate of drug-likeness (QED) is 0.742. The van der Waals surface area contributed by atoms with Gasteiger partial charge in [-0.2, -0.15) is 5.26 Å². The zero-order valence-corrected chi connectivity index (χ0v) is 7.76. The summed E-state index contributed by atoms with van der Waals surface area (Å²) in [6.45, 7) is 2.83. The molecule has 0 fully saturated rings. The van der Waals surface area contributed by atoms with E-state index < -0.39 is 11.8 Å². The van der Waals surface area contributed by atoms with Gasteiger partial charge in [-0.05, 0) is 25.5 Å². The maximum atomic E-state index is 13.4. The maximum absolute atomic E-state index is 13.4. The Bertz CT molecular complexity index is 446. The molecule has 0 spiro atoms. The summed E-state index contributed by atoms with van der Waals surface area (Å²) in [4.78, 5) is 10.7. The molecule has 0 amide bonds. The number of nitriles is 1. The Morgan fingerprint density at radius 2 is 2.07 bits per heavy atom. The Kier molecular flexibility index (Phi) is 2.52. The van der Waals surface area contributed by atoms with Gasteiger partial charge in [0.05, 0.1) is 17.2 Å². The molecule has 14 heavy (non-hydrogen) atoms. The number of carboxylic acids is 1. The lowest BCUT2D eigenvalue weighted by molar-refractivity contribution is 0.0695. The van der Waals surface area contributed by atoms with E-state index in [1.165, 1.54) is 19.9 Å². The summed E-state index contributed by atoms with van der Waals surface area (Å²) in [7, 11) is 0. The van der Waals surface area contributed by atoms with Gasteiger partial charge >= 0.3 is 5.97 Å². The SMILES string of the molecule is Cc1c(C#N)cc(C(=O)O)c(C)c1F. The molecule has 0 bridgehead atoms. The highest BCUT2D eigenvalue weighted by molar-refractivity contribution is 5.90. The number of nitrogens with zero attached hydrogens (tertiary/aromatic N) is 1. The molecule has 0 aliphatic carbocycles. The average Bonchev–Trinajstić information content (AvgIpc) is 2.14. The number of aromatic carboxylic acids is 1. The van der Waals surface area contributed by atoms with E-state index in [4.69, 9.17) is 10.4 Å². The van der Waals surface area contributed by atoms with E-state index in [1.54, 1.807) is 6.07 Å². The number of carboxylic acid groups (broad SMARTS) is 1. The molecule has 3 nitrogen and oxygen atoms in total. The summed E-state index contributed by atoms with van der Waals surface area (Å²) in [5.41, 5.74) is 0.152. The lowest BCUT2D eigenvalue weighted by atomic mass is 10.00. The lowest BCUT2D eigenvalue weighted by Crippen LogP contribution is -2.05. The van der Waals surface area contributed by atoms with Gasteiger partial charge in [-0.1, -0.05) is 0 Å². The second kappa shape index (κ2) is 3.46. The van der Waals surface area contributed by atoms with Gasteiger partial charge in [-0.15, -0.1) is 0 Å². The van der Waals surface area contributed by atoms with Gasteiger partial charge < -0.3 is 5.11 Å². The van der Waals surface area contributed by atoms with Gasteiger partial charge in [0.2, 0.25) is 0 Å². The van der Waals surface area contributed by atoms with E-state index in [-0.39, 0.29) is 22.3 Å². The minimum absolute atomic E-state index is 0.0606. The third-order valence-electron chi connectivity index (χ3n) is 2.11. The summed E-state index contributed by atoms with van der Waals surface area (Å²) in [6.07, 6.45) is 0. The van der Waals surface area contributed by atoms with Crippen LogP contribution in [0.25, 0.3) is 0 Å². The van der Waals surface area contributed by atoms with Crippen molar-refractivity contribution in [2.24, 2.45) is 0 Å². The molecule has 0 saturated carbocycles. The largest absolute Gasteiger partial charge is 0.478 e. The van der Waals surface area contributed by atoms with Crippen LogP contribution in [0.2, 0.25) is 0 Å². The fourth-order valence-corrected chi connectivity index (χ4v) is 1.22. The van der Waals surface area contributed by atoms with Crippen LogP contribution in [0.4, 0.5) is 4.39 Å². The van der Waals surface area contributed by atoms with E-state index >= 15 is 0 Å². The molecule has 72 valence electrons. The Balaban J connectivity index is 3.59. The Labute approximate surface area is 80.4 Å². The van der Waals surface area contributed by atoms with Crippen LogP contribution in [0.5, 0.6) is 0 Å². The third kappa shape index (κ3) is 1.44. The maximum Gasteiger partial charge on any atom is 0.336 e. The fraction of sp³-hybridized carbons (Fsp3) is 0.200. The summed E-state index contributed by atoms with van der Waals surface area (Å²) in [6, 6.07) is 2.95. The molecule has 1 aromatic rings. The van der Waals surface area contributed by atoms with Gasteiger partial charge in [-0.3, -0.25) is 0 Å². The number of hydrogen-bond donors (Lipinski definition) is 1. The van der Waals surface area contributed by atoms with Crippen molar-refractivity contribution in [3.8, 4) is 6.07 Å². The number of halogens is 1. The first-order valence-corrected chi connectivity index (χ1v) is 3.92. The molecule has 4 heteroatoms. The molecule has 1 N–H and O–H groups in total. The zero-order valence-electron chi connectivity index (χ0n) is 7.76. The summed E-state index contributed by atoms with van der Waals surface area (Å²) < 4.78 is 13.4. The van der Waals surface area contributed by atoms with Crippen molar-refractivity contribution in [3.05, 3.63) is 34.1 Å². The van der Waals surface area contributed by atoms with Crippen LogP contribution in [0.15, 0.2) is 6.07 Å². The summed E-state index contributed by atoms with van der Waals surface area (Å²) in [5.74, 6) is -1.85. The summed E-state index contributed by atoms with van der Waals surface area (Å²) in [5, 5.41) is 17.4. The van der Waals surface area contributed by atoms with E-state index in [1.807, 2.05) is 0 Å². The first-order chi connectivity index (χ1) is 6.49. The van der Waals surface area contributed by atoms with E-state index in [0.29, 0.717) is 0 Å².